The van der Waals surface area contributed by atoms with Gasteiger partial charge in [-0.2, -0.15) is 0 Å². The molecule has 0 aliphatic carbocycles. The van der Waals surface area contributed by atoms with Gasteiger partial charge >= 0.3 is 6.09 Å². The van der Waals surface area contributed by atoms with Gasteiger partial charge in [0.15, 0.2) is 0 Å². The Labute approximate surface area is 190 Å². The molecule has 1 aliphatic heterocycles. The molecule has 9 heteroatoms. The fraction of sp³-hybridized carbons (Fsp3) is 0.609. The molecule has 1 heterocycles. The summed E-state index contributed by atoms with van der Waals surface area (Å²) >= 11 is 0. The van der Waals surface area contributed by atoms with Crippen LogP contribution in [-0.4, -0.2) is 79.7 Å². The van der Waals surface area contributed by atoms with E-state index >= 15 is 0 Å². The fourth-order valence-electron chi connectivity index (χ4n) is 3.43. The first kappa shape index (κ1) is 25.5. The predicted octanol–water partition coefficient (Wildman–Crippen LogP) is 1.93. The third-order valence-corrected chi connectivity index (χ3v) is 5.06. The minimum atomic E-state index is -0.501. The number of benzene rings is 1. The van der Waals surface area contributed by atoms with Crippen LogP contribution in [0.2, 0.25) is 0 Å². The molecule has 2 N–H and O–H groups in total. The fourth-order valence-corrected chi connectivity index (χ4v) is 3.43. The number of hydrogen-bond donors (Lipinski definition) is 2. The monoisotopic (exact) mass is 448 g/mol. The normalized spacial score (nSPS) is 15.6. The van der Waals surface area contributed by atoms with E-state index in [0.29, 0.717) is 31.9 Å². The van der Waals surface area contributed by atoms with E-state index in [1.165, 1.54) is 6.92 Å². The third-order valence-electron chi connectivity index (χ3n) is 5.06. The highest BCUT2D eigenvalue weighted by Crippen LogP contribution is 2.20. The lowest BCUT2D eigenvalue weighted by Gasteiger charge is -2.35. The van der Waals surface area contributed by atoms with Crippen LogP contribution in [0.25, 0.3) is 0 Å². The van der Waals surface area contributed by atoms with Crippen molar-refractivity contribution in [2.75, 3.05) is 46.4 Å². The summed E-state index contributed by atoms with van der Waals surface area (Å²) in [6, 6.07) is 6.89. The summed E-state index contributed by atoms with van der Waals surface area (Å²) in [7, 11) is 1.59. The summed E-state index contributed by atoms with van der Waals surface area (Å²) in [5.74, 6) is 0.389. The average Bonchev–Trinajstić information content (AvgIpc) is 2.72. The first-order valence-electron chi connectivity index (χ1n) is 11.0. The van der Waals surface area contributed by atoms with Crippen LogP contribution in [0, 0.1) is 0 Å². The second-order valence-corrected chi connectivity index (χ2v) is 8.89. The predicted molar refractivity (Wildman–Crippen MR) is 121 cm³/mol. The molecule has 2 rings (SSSR count). The number of carbonyl (C=O) groups is 3. The summed E-state index contributed by atoms with van der Waals surface area (Å²) < 4.78 is 10.6. The molecule has 0 aromatic heterocycles. The number of piperazine rings is 1. The molecule has 1 aromatic rings. The highest BCUT2D eigenvalue weighted by molar-refractivity contribution is 5.79. The topological polar surface area (TPSA) is 100 Å². The number of rotatable bonds is 8. The number of methoxy groups -OCH3 is 1. The average molecular weight is 449 g/mol. The molecule has 1 saturated heterocycles. The maximum Gasteiger partial charge on any atom is 0.410 e. The van der Waals surface area contributed by atoms with Crippen LogP contribution in [0.5, 0.6) is 5.75 Å². The van der Waals surface area contributed by atoms with E-state index in [-0.39, 0.29) is 24.3 Å². The van der Waals surface area contributed by atoms with Crippen molar-refractivity contribution in [1.29, 1.82) is 0 Å². The summed E-state index contributed by atoms with van der Waals surface area (Å²) in [5, 5.41) is 5.76. The van der Waals surface area contributed by atoms with Gasteiger partial charge in [0.05, 0.1) is 19.6 Å². The van der Waals surface area contributed by atoms with E-state index in [1.807, 2.05) is 32.9 Å². The van der Waals surface area contributed by atoms with Crippen LogP contribution in [0.3, 0.4) is 0 Å². The van der Waals surface area contributed by atoms with Crippen LogP contribution >= 0.6 is 0 Å². The molecule has 32 heavy (non-hydrogen) atoms. The number of amides is 3. The number of ether oxygens (including phenoxy) is 2. The Morgan fingerprint density at radius 2 is 1.69 bits per heavy atom. The SMILES string of the molecule is COc1ccc(C(CC(=O)NCCN2CCN(C(=O)OC(C)(C)C)CC2)NC(C)=O)cc1. The molecule has 1 unspecified atom stereocenters. The first-order chi connectivity index (χ1) is 15.1. The maximum atomic E-state index is 12.5. The Balaban J connectivity index is 1.75. The molecule has 0 spiro atoms. The van der Waals surface area contributed by atoms with Gasteiger partial charge in [-0.1, -0.05) is 12.1 Å². The molecule has 1 aliphatic rings. The molecule has 3 amide bonds. The zero-order valence-electron chi connectivity index (χ0n) is 19.8. The van der Waals surface area contributed by atoms with Crippen molar-refractivity contribution in [1.82, 2.24) is 20.4 Å². The highest BCUT2D eigenvalue weighted by atomic mass is 16.6. The summed E-state index contributed by atoms with van der Waals surface area (Å²) in [6.45, 7) is 10.9. The van der Waals surface area contributed by atoms with Crippen molar-refractivity contribution >= 4 is 17.9 Å². The number of carbonyl (C=O) groups excluding carboxylic acids is 3. The second kappa shape index (κ2) is 11.7. The molecule has 0 radical (unpaired) electrons. The summed E-state index contributed by atoms with van der Waals surface area (Å²) in [6.07, 6.45) is -0.133. The molecular formula is C23H36N4O5. The standard InChI is InChI=1S/C23H36N4O5/c1-17(28)25-20(18-6-8-19(31-5)9-7-18)16-21(29)24-10-11-26-12-14-27(15-13-26)22(30)32-23(2,3)4/h6-9,20H,10-16H2,1-5H3,(H,24,29)(H,25,28). The quantitative estimate of drug-likeness (QED) is 0.630. The van der Waals surface area contributed by atoms with Gasteiger partial charge in [0, 0.05) is 46.2 Å². The van der Waals surface area contributed by atoms with Crippen molar-refractivity contribution < 1.29 is 23.9 Å². The molecule has 9 nitrogen and oxygen atoms in total. The van der Waals surface area contributed by atoms with Gasteiger partial charge in [-0.05, 0) is 38.5 Å². The Morgan fingerprint density at radius 3 is 2.22 bits per heavy atom. The lowest BCUT2D eigenvalue weighted by Crippen LogP contribution is -2.51. The van der Waals surface area contributed by atoms with Crippen LogP contribution < -0.4 is 15.4 Å². The van der Waals surface area contributed by atoms with Gasteiger partial charge in [-0.15, -0.1) is 0 Å². The molecule has 0 bridgehead atoms. The van der Waals surface area contributed by atoms with E-state index in [0.717, 1.165) is 18.7 Å². The number of nitrogens with one attached hydrogen (secondary N) is 2. The minimum Gasteiger partial charge on any atom is -0.497 e. The van der Waals surface area contributed by atoms with Crippen LogP contribution in [0.15, 0.2) is 24.3 Å². The Kier molecular flexibility index (Phi) is 9.31. The van der Waals surface area contributed by atoms with E-state index in [1.54, 1.807) is 24.1 Å². The van der Waals surface area contributed by atoms with E-state index in [4.69, 9.17) is 9.47 Å². The van der Waals surface area contributed by atoms with Gasteiger partial charge in [0.25, 0.3) is 0 Å². The number of hydrogen-bond acceptors (Lipinski definition) is 6. The Morgan fingerprint density at radius 1 is 1.06 bits per heavy atom. The van der Waals surface area contributed by atoms with Crippen molar-refractivity contribution in [2.24, 2.45) is 0 Å². The molecule has 178 valence electrons. The van der Waals surface area contributed by atoms with Crippen molar-refractivity contribution in [2.45, 2.75) is 45.8 Å². The largest absolute Gasteiger partial charge is 0.497 e. The van der Waals surface area contributed by atoms with Crippen LogP contribution in [0.1, 0.15) is 45.7 Å². The Bertz CT molecular complexity index is 768. The molecule has 1 atom stereocenters. The summed E-state index contributed by atoms with van der Waals surface area (Å²) in [4.78, 5) is 40.1. The molecule has 0 saturated carbocycles. The molecule has 1 fully saturated rings. The Hall–Kier alpha value is -2.81. The van der Waals surface area contributed by atoms with Gasteiger partial charge in [0.1, 0.15) is 11.4 Å². The number of nitrogens with zero attached hydrogens (tertiary/aromatic N) is 2. The van der Waals surface area contributed by atoms with Gasteiger partial charge in [-0.25, -0.2) is 4.79 Å². The van der Waals surface area contributed by atoms with E-state index in [2.05, 4.69) is 15.5 Å². The smallest absolute Gasteiger partial charge is 0.410 e. The lowest BCUT2D eigenvalue weighted by molar-refractivity contribution is -0.122. The second-order valence-electron chi connectivity index (χ2n) is 8.89. The van der Waals surface area contributed by atoms with Crippen molar-refractivity contribution in [3.8, 4) is 5.75 Å². The minimum absolute atomic E-state index is 0.132. The molecule has 1 aromatic carbocycles. The van der Waals surface area contributed by atoms with E-state index < -0.39 is 11.6 Å². The van der Waals surface area contributed by atoms with Crippen molar-refractivity contribution in [3.63, 3.8) is 0 Å². The van der Waals surface area contributed by atoms with Crippen LogP contribution in [-0.2, 0) is 14.3 Å². The third kappa shape index (κ3) is 8.74. The van der Waals surface area contributed by atoms with Gasteiger partial charge in [0.2, 0.25) is 11.8 Å². The van der Waals surface area contributed by atoms with E-state index in [9.17, 15) is 14.4 Å². The van der Waals surface area contributed by atoms with Crippen molar-refractivity contribution in [3.05, 3.63) is 29.8 Å². The first-order valence-corrected chi connectivity index (χ1v) is 11.0. The zero-order chi connectivity index (χ0) is 23.7. The van der Waals surface area contributed by atoms with Gasteiger partial charge in [-0.3, -0.25) is 14.5 Å². The summed E-state index contributed by atoms with van der Waals surface area (Å²) in [5.41, 5.74) is 0.341. The zero-order valence-corrected chi connectivity index (χ0v) is 19.8. The maximum absolute atomic E-state index is 12.5. The van der Waals surface area contributed by atoms with Crippen LogP contribution in [0.4, 0.5) is 4.79 Å². The lowest BCUT2D eigenvalue weighted by atomic mass is 10.0. The molecular weight excluding hydrogens is 412 g/mol. The van der Waals surface area contributed by atoms with Gasteiger partial charge < -0.3 is 25.0 Å². The highest BCUT2D eigenvalue weighted by Gasteiger charge is 2.25.